The average Bonchev–Trinajstić information content (AvgIpc) is 3.16. The van der Waals surface area contributed by atoms with Gasteiger partial charge in [-0.25, -0.2) is 0 Å². The maximum atomic E-state index is 13.1. The van der Waals surface area contributed by atoms with Gasteiger partial charge in [0.05, 0.1) is 34.5 Å². The summed E-state index contributed by atoms with van der Waals surface area (Å²) >= 11 is 6.28. The Morgan fingerprint density at radius 2 is 1.68 bits per heavy atom. The van der Waals surface area contributed by atoms with E-state index in [1.165, 1.54) is 19.2 Å². The summed E-state index contributed by atoms with van der Waals surface area (Å²) < 4.78 is 5.14. The van der Waals surface area contributed by atoms with Crippen molar-refractivity contribution in [1.29, 1.82) is 0 Å². The monoisotopic (exact) mass is 439 g/mol. The predicted molar refractivity (Wildman–Crippen MR) is 116 cm³/mol. The summed E-state index contributed by atoms with van der Waals surface area (Å²) in [6.45, 7) is 2.04. The highest BCUT2D eigenvalue weighted by Gasteiger charge is 2.41. The smallest absolute Gasteiger partial charge is 0.264 e. The summed E-state index contributed by atoms with van der Waals surface area (Å²) in [6, 6.07) is 8.90. The number of fused-ring (bicyclic) bond motifs is 2. The molecule has 1 N–H and O–H groups in total. The predicted octanol–water partition coefficient (Wildman–Crippen LogP) is 2.04. The third-order valence-electron chi connectivity index (χ3n) is 5.36. The van der Waals surface area contributed by atoms with Crippen LogP contribution in [0.3, 0.4) is 0 Å². The van der Waals surface area contributed by atoms with Gasteiger partial charge in [0.25, 0.3) is 11.8 Å². The molecule has 1 heterocycles. The fraction of sp³-hybridized carbons (Fsp3) is 0.227. The standard InChI is InChI=1S/C22H18ClN3O5/c1-3-11(10-31-2)26-21(29)14-8-9-15(23)17(16(14)22(26)30)24-25-18-19(27)12-6-4-5-7-13(12)20(18)28/h4-9,11,24H,3,10H2,1-2H3. The van der Waals surface area contributed by atoms with Gasteiger partial charge in [0.15, 0.2) is 5.36 Å². The Morgan fingerprint density at radius 3 is 2.26 bits per heavy atom. The molecule has 0 radical (unpaired) electrons. The van der Waals surface area contributed by atoms with Crippen LogP contribution >= 0.6 is 11.6 Å². The van der Waals surface area contributed by atoms with Crippen LogP contribution in [-0.4, -0.2) is 36.5 Å². The summed E-state index contributed by atoms with van der Waals surface area (Å²) in [5, 5.41) is 4.31. The SMILES string of the molecule is CCC(COC)N1C(=O)c2ccc(Cl)c(NN=c3c(=O)c4ccccc4c3=O)c2C1=O. The van der Waals surface area contributed by atoms with Crippen LogP contribution in [0.1, 0.15) is 34.1 Å². The lowest BCUT2D eigenvalue weighted by atomic mass is 10.1. The van der Waals surface area contributed by atoms with Crippen LogP contribution in [0.4, 0.5) is 5.69 Å². The number of ether oxygens (including phenoxy) is 1. The van der Waals surface area contributed by atoms with Crippen LogP contribution in [0.25, 0.3) is 10.8 Å². The molecule has 9 heteroatoms. The molecule has 0 saturated heterocycles. The molecule has 0 bridgehead atoms. The van der Waals surface area contributed by atoms with Gasteiger partial charge in [0.1, 0.15) is 0 Å². The number of amides is 2. The minimum Gasteiger partial charge on any atom is -0.383 e. The number of nitrogens with zero attached hydrogens (tertiary/aromatic N) is 2. The number of methoxy groups -OCH3 is 1. The molecule has 3 aromatic carbocycles. The highest BCUT2D eigenvalue weighted by Crippen LogP contribution is 2.36. The van der Waals surface area contributed by atoms with Gasteiger partial charge in [0, 0.05) is 17.9 Å². The van der Waals surface area contributed by atoms with E-state index in [4.69, 9.17) is 16.3 Å². The van der Waals surface area contributed by atoms with Gasteiger partial charge in [-0.2, -0.15) is 5.10 Å². The topological polar surface area (TPSA) is 105 Å². The van der Waals surface area contributed by atoms with Gasteiger partial charge in [-0.1, -0.05) is 42.8 Å². The largest absolute Gasteiger partial charge is 0.383 e. The van der Waals surface area contributed by atoms with Crippen LogP contribution in [0, 0.1) is 0 Å². The minimum atomic E-state index is -0.540. The molecule has 3 aromatic rings. The van der Waals surface area contributed by atoms with Crippen molar-refractivity contribution in [2.24, 2.45) is 5.10 Å². The van der Waals surface area contributed by atoms with Crippen LogP contribution < -0.4 is 21.6 Å². The maximum absolute atomic E-state index is 13.1. The highest BCUT2D eigenvalue weighted by atomic mass is 35.5. The van der Waals surface area contributed by atoms with Crippen molar-refractivity contribution in [3.05, 3.63) is 78.4 Å². The van der Waals surface area contributed by atoms with Crippen LogP contribution in [0.5, 0.6) is 0 Å². The summed E-state index contributed by atoms with van der Waals surface area (Å²) in [5.74, 6) is -1.00. The second-order valence-corrected chi connectivity index (χ2v) is 7.53. The van der Waals surface area contributed by atoms with E-state index in [9.17, 15) is 19.2 Å². The van der Waals surface area contributed by atoms with Gasteiger partial charge in [0.2, 0.25) is 10.9 Å². The number of carbonyl (C=O) groups is 2. The van der Waals surface area contributed by atoms with Gasteiger partial charge in [-0.3, -0.25) is 29.5 Å². The first-order chi connectivity index (χ1) is 14.9. The van der Waals surface area contributed by atoms with Crippen molar-refractivity contribution in [3.8, 4) is 0 Å². The second-order valence-electron chi connectivity index (χ2n) is 7.12. The number of benzene rings is 2. The zero-order valence-corrected chi connectivity index (χ0v) is 17.5. The molecule has 4 rings (SSSR count). The molecule has 158 valence electrons. The van der Waals surface area contributed by atoms with E-state index in [0.29, 0.717) is 6.42 Å². The summed E-state index contributed by atoms with van der Waals surface area (Å²) in [5.41, 5.74) is 1.83. The number of rotatable bonds is 6. The second kappa shape index (κ2) is 8.05. The first-order valence-corrected chi connectivity index (χ1v) is 9.99. The van der Waals surface area contributed by atoms with E-state index in [2.05, 4.69) is 10.5 Å². The van der Waals surface area contributed by atoms with Gasteiger partial charge < -0.3 is 4.74 Å². The van der Waals surface area contributed by atoms with E-state index in [-0.39, 0.29) is 44.6 Å². The molecule has 2 amide bonds. The Bertz CT molecular complexity index is 1320. The third kappa shape index (κ3) is 3.24. The van der Waals surface area contributed by atoms with Crippen molar-refractivity contribution in [2.75, 3.05) is 19.1 Å². The van der Waals surface area contributed by atoms with Gasteiger partial charge >= 0.3 is 0 Å². The number of hydrogen-bond acceptors (Lipinski definition) is 7. The molecular weight excluding hydrogens is 422 g/mol. The molecule has 1 aliphatic heterocycles. The molecule has 1 atom stereocenters. The fourth-order valence-electron chi connectivity index (χ4n) is 3.78. The van der Waals surface area contributed by atoms with E-state index in [1.54, 1.807) is 24.3 Å². The van der Waals surface area contributed by atoms with Crippen LogP contribution in [-0.2, 0) is 4.74 Å². The fourth-order valence-corrected chi connectivity index (χ4v) is 3.98. The van der Waals surface area contributed by atoms with Crippen molar-refractivity contribution < 1.29 is 14.3 Å². The Morgan fingerprint density at radius 1 is 1.03 bits per heavy atom. The molecule has 1 aliphatic rings. The minimum absolute atomic E-state index is 0.0480. The van der Waals surface area contributed by atoms with Gasteiger partial charge in [-0.05, 0) is 18.6 Å². The highest BCUT2D eigenvalue weighted by molar-refractivity contribution is 6.36. The number of halogens is 1. The molecule has 0 aliphatic carbocycles. The number of anilines is 1. The van der Waals surface area contributed by atoms with Crippen molar-refractivity contribution >= 4 is 39.9 Å². The maximum Gasteiger partial charge on any atom is 0.264 e. The van der Waals surface area contributed by atoms with E-state index >= 15 is 0 Å². The lowest BCUT2D eigenvalue weighted by molar-refractivity contribution is 0.0466. The number of carbonyl (C=O) groups excluding carboxylic acids is 2. The van der Waals surface area contributed by atoms with Crippen molar-refractivity contribution in [3.63, 3.8) is 0 Å². The quantitative estimate of drug-likeness (QED) is 0.465. The van der Waals surface area contributed by atoms with E-state index in [1.807, 2.05) is 6.92 Å². The van der Waals surface area contributed by atoms with Gasteiger partial charge in [-0.15, -0.1) is 0 Å². The molecular formula is C22H18ClN3O5. The molecule has 1 unspecified atom stereocenters. The van der Waals surface area contributed by atoms with Crippen molar-refractivity contribution in [1.82, 2.24) is 4.90 Å². The summed E-state index contributed by atoms with van der Waals surface area (Å²) in [7, 11) is 1.49. The number of nitrogens with one attached hydrogen (secondary N) is 1. The molecule has 0 aromatic heterocycles. The first-order valence-electron chi connectivity index (χ1n) is 9.62. The Kier molecular flexibility index (Phi) is 5.43. The van der Waals surface area contributed by atoms with Crippen LogP contribution in [0.15, 0.2) is 51.1 Å². The Balaban J connectivity index is 1.82. The lowest BCUT2D eigenvalue weighted by Gasteiger charge is -2.24. The zero-order valence-electron chi connectivity index (χ0n) is 16.8. The molecule has 0 fully saturated rings. The Labute approximate surface area is 181 Å². The molecule has 8 nitrogen and oxygen atoms in total. The average molecular weight is 440 g/mol. The lowest BCUT2D eigenvalue weighted by Crippen LogP contribution is -2.42. The van der Waals surface area contributed by atoms with E-state index < -0.39 is 28.7 Å². The molecule has 31 heavy (non-hydrogen) atoms. The number of imide groups is 1. The van der Waals surface area contributed by atoms with E-state index in [0.717, 1.165) is 4.90 Å². The normalized spacial score (nSPS) is 14.2. The molecule has 0 saturated carbocycles. The molecule has 0 spiro atoms. The Hall–Kier alpha value is -3.36. The van der Waals surface area contributed by atoms with Crippen molar-refractivity contribution in [2.45, 2.75) is 19.4 Å². The third-order valence-corrected chi connectivity index (χ3v) is 5.67. The summed E-state index contributed by atoms with van der Waals surface area (Å²) in [4.78, 5) is 52.3. The zero-order chi connectivity index (χ0) is 22.3. The van der Waals surface area contributed by atoms with Crippen LogP contribution in [0.2, 0.25) is 5.02 Å². The first kappa shape index (κ1) is 20.9. The number of hydrogen-bond donors (Lipinski definition) is 1. The summed E-state index contributed by atoms with van der Waals surface area (Å²) in [6.07, 6.45) is 0.513.